The molecule has 0 radical (unpaired) electrons. The number of morpholine rings is 1. The molecule has 0 unspecified atom stereocenters. The summed E-state index contributed by atoms with van der Waals surface area (Å²) in [4.78, 5) is 14.4. The minimum absolute atomic E-state index is 0.110. The van der Waals surface area contributed by atoms with Gasteiger partial charge < -0.3 is 14.8 Å². The Hall–Kier alpha value is -1.50. The Bertz CT molecular complexity index is 600. The number of nitrogens with zero attached hydrogens (tertiary/aromatic N) is 1. The van der Waals surface area contributed by atoms with Crippen LogP contribution in [0.15, 0.2) is 24.3 Å². The molecule has 132 valence electrons. The van der Waals surface area contributed by atoms with E-state index in [1.807, 2.05) is 0 Å². The fourth-order valence-corrected chi connectivity index (χ4v) is 3.65. The van der Waals surface area contributed by atoms with Crippen molar-refractivity contribution in [3.63, 3.8) is 0 Å². The third-order valence-corrected chi connectivity index (χ3v) is 4.44. The molecule has 0 saturated carbocycles. The topological polar surface area (TPSA) is 50.8 Å². The lowest BCUT2D eigenvalue weighted by Crippen LogP contribution is -2.60. The van der Waals surface area contributed by atoms with Gasteiger partial charge in [0.2, 0.25) is 5.91 Å². The van der Waals surface area contributed by atoms with Gasteiger partial charge in [0.15, 0.2) is 0 Å². The van der Waals surface area contributed by atoms with Crippen LogP contribution in [0.3, 0.4) is 0 Å². The van der Waals surface area contributed by atoms with E-state index in [0.29, 0.717) is 25.3 Å². The standard InChI is InChI=1S/C18H25FN2O3/c1-17(2)11-21(12-18(24-17)7-9-23-13-18)8-6-16(22)20-15-5-3-4-14(19)10-15/h3-5,10H,6-9,11-13H2,1-2H3,(H,20,22)/t18-/m1/s1. The Morgan fingerprint density at radius 3 is 2.92 bits per heavy atom. The molecular weight excluding hydrogens is 311 g/mol. The highest BCUT2D eigenvalue weighted by Crippen LogP contribution is 2.34. The summed E-state index contributed by atoms with van der Waals surface area (Å²) >= 11 is 0. The lowest BCUT2D eigenvalue weighted by molar-refractivity contribution is -0.195. The van der Waals surface area contributed by atoms with E-state index >= 15 is 0 Å². The van der Waals surface area contributed by atoms with Crippen LogP contribution in [-0.4, -0.2) is 54.9 Å². The second-order valence-corrected chi connectivity index (χ2v) is 7.37. The van der Waals surface area contributed by atoms with E-state index < -0.39 is 0 Å². The number of halogens is 1. The van der Waals surface area contributed by atoms with Crippen molar-refractivity contribution in [2.75, 3.05) is 38.2 Å². The SMILES string of the molecule is CC1(C)CN(CCC(=O)Nc2cccc(F)c2)C[C@@]2(CCOC2)O1. The van der Waals surface area contributed by atoms with Gasteiger partial charge in [0, 0.05) is 44.8 Å². The molecule has 0 aromatic heterocycles. The first-order chi connectivity index (χ1) is 11.4. The molecule has 1 amide bonds. The van der Waals surface area contributed by atoms with E-state index in [-0.39, 0.29) is 22.9 Å². The van der Waals surface area contributed by atoms with Gasteiger partial charge in [-0.25, -0.2) is 4.39 Å². The summed E-state index contributed by atoms with van der Waals surface area (Å²) in [6, 6.07) is 5.94. The highest BCUT2D eigenvalue weighted by Gasteiger charge is 2.46. The second kappa shape index (κ2) is 6.78. The number of hydrogen-bond acceptors (Lipinski definition) is 4. The zero-order chi connectivity index (χ0) is 17.2. The third-order valence-electron chi connectivity index (χ3n) is 4.44. The first kappa shape index (κ1) is 17.3. The number of anilines is 1. The van der Waals surface area contributed by atoms with Crippen LogP contribution in [0.5, 0.6) is 0 Å². The second-order valence-electron chi connectivity index (χ2n) is 7.37. The minimum atomic E-state index is -0.356. The van der Waals surface area contributed by atoms with Crippen LogP contribution in [-0.2, 0) is 14.3 Å². The van der Waals surface area contributed by atoms with Gasteiger partial charge in [-0.3, -0.25) is 9.69 Å². The van der Waals surface area contributed by atoms with Crippen LogP contribution >= 0.6 is 0 Å². The van der Waals surface area contributed by atoms with Crippen molar-refractivity contribution >= 4 is 11.6 Å². The van der Waals surface area contributed by atoms with Crippen LogP contribution < -0.4 is 5.32 Å². The normalized spacial score (nSPS) is 26.6. The Balaban J connectivity index is 1.54. The maximum atomic E-state index is 13.2. The number of carbonyl (C=O) groups is 1. The summed E-state index contributed by atoms with van der Waals surface area (Å²) < 4.78 is 25.0. The molecule has 6 heteroatoms. The summed E-state index contributed by atoms with van der Waals surface area (Å²) in [6.45, 7) is 7.70. The van der Waals surface area contributed by atoms with Crippen LogP contribution in [0.25, 0.3) is 0 Å². The van der Waals surface area contributed by atoms with Crippen molar-refractivity contribution < 1.29 is 18.7 Å². The van der Waals surface area contributed by atoms with Gasteiger partial charge in [0.1, 0.15) is 11.4 Å². The number of carbonyl (C=O) groups excluding carboxylic acids is 1. The number of amides is 1. The number of benzene rings is 1. The Morgan fingerprint density at radius 2 is 2.21 bits per heavy atom. The number of ether oxygens (including phenoxy) is 2. The van der Waals surface area contributed by atoms with E-state index in [1.165, 1.54) is 12.1 Å². The summed E-state index contributed by atoms with van der Waals surface area (Å²) in [6.07, 6.45) is 1.26. The van der Waals surface area contributed by atoms with E-state index in [2.05, 4.69) is 24.1 Å². The van der Waals surface area contributed by atoms with Crippen molar-refractivity contribution in [1.82, 2.24) is 4.90 Å². The average Bonchev–Trinajstić information content (AvgIpc) is 2.90. The molecule has 5 nitrogen and oxygen atoms in total. The lowest BCUT2D eigenvalue weighted by Gasteiger charge is -2.48. The predicted molar refractivity (Wildman–Crippen MR) is 89.4 cm³/mol. The van der Waals surface area contributed by atoms with Crippen molar-refractivity contribution in [1.29, 1.82) is 0 Å². The molecular formula is C18H25FN2O3. The molecule has 1 aromatic rings. The molecule has 2 heterocycles. The Morgan fingerprint density at radius 1 is 1.38 bits per heavy atom. The first-order valence-corrected chi connectivity index (χ1v) is 8.42. The first-order valence-electron chi connectivity index (χ1n) is 8.42. The van der Waals surface area contributed by atoms with E-state index in [1.54, 1.807) is 12.1 Å². The van der Waals surface area contributed by atoms with Gasteiger partial charge in [-0.15, -0.1) is 0 Å². The van der Waals surface area contributed by atoms with Crippen LogP contribution in [0.2, 0.25) is 0 Å². The molecule has 2 saturated heterocycles. The maximum Gasteiger partial charge on any atom is 0.225 e. The summed E-state index contributed by atoms with van der Waals surface area (Å²) in [5.41, 5.74) is -0.0193. The highest BCUT2D eigenvalue weighted by molar-refractivity contribution is 5.90. The van der Waals surface area contributed by atoms with Crippen molar-refractivity contribution in [3.8, 4) is 0 Å². The number of nitrogens with one attached hydrogen (secondary N) is 1. The van der Waals surface area contributed by atoms with E-state index in [9.17, 15) is 9.18 Å². The molecule has 1 N–H and O–H groups in total. The summed E-state index contributed by atoms with van der Waals surface area (Å²) in [5, 5.41) is 2.74. The third kappa shape index (κ3) is 4.32. The Kier molecular flexibility index (Phi) is 4.90. The molecule has 2 fully saturated rings. The average molecular weight is 336 g/mol. The fourth-order valence-electron chi connectivity index (χ4n) is 3.65. The zero-order valence-corrected chi connectivity index (χ0v) is 14.3. The zero-order valence-electron chi connectivity index (χ0n) is 14.3. The largest absolute Gasteiger partial charge is 0.378 e. The molecule has 3 rings (SSSR count). The van der Waals surface area contributed by atoms with Gasteiger partial charge in [0.05, 0.1) is 12.2 Å². The predicted octanol–water partition coefficient (Wildman–Crippen LogP) is 2.42. The summed E-state index contributed by atoms with van der Waals surface area (Å²) in [7, 11) is 0. The smallest absolute Gasteiger partial charge is 0.225 e. The van der Waals surface area contributed by atoms with Crippen LogP contribution in [0, 0.1) is 5.82 Å². The van der Waals surface area contributed by atoms with Gasteiger partial charge in [-0.05, 0) is 32.0 Å². The van der Waals surface area contributed by atoms with Crippen LogP contribution in [0.1, 0.15) is 26.7 Å². The van der Waals surface area contributed by atoms with Crippen molar-refractivity contribution in [2.24, 2.45) is 0 Å². The molecule has 0 bridgehead atoms. The minimum Gasteiger partial charge on any atom is -0.378 e. The molecule has 2 aliphatic heterocycles. The van der Waals surface area contributed by atoms with E-state index in [4.69, 9.17) is 9.47 Å². The van der Waals surface area contributed by atoms with Gasteiger partial charge >= 0.3 is 0 Å². The van der Waals surface area contributed by atoms with Crippen molar-refractivity contribution in [2.45, 2.75) is 37.9 Å². The highest BCUT2D eigenvalue weighted by atomic mass is 19.1. The molecule has 1 spiro atoms. The van der Waals surface area contributed by atoms with Gasteiger partial charge in [-0.1, -0.05) is 6.07 Å². The lowest BCUT2D eigenvalue weighted by atomic mass is 9.95. The molecule has 0 aliphatic carbocycles. The quantitative estimate of drug-likeness (QED) is 0.917. The Labute approximate surface area is 142 Å². The van der Waals surface area contributed by atoms with Crippen LogP contribution in [0.4, 0.5) is 10.1 Å². The fraction of sp³-hybridized carbons (Fsp3) is 0.611. The van der Waals surface area contributed by atoms with Gasteiger partial charge in [-0.2, -0.15) is 0 Å². The monoisotopic (exact) mass is 336 g/mol. The molecule has 24 heavy (non-hydrogen) atoms. The molecule has 1 atom stereocenters. The molecule has 1 aromatic carbocycles. The van der Waals surface area contributed by atoms with E-state index in [0.717, 1.165) is 26.1 Å². The number of rotatable bonds is 4. The van der Waals surface area contributed by atoms with Crippen molar-refractivity contribution in [3.05, 3.63) is 30.1 Å². The summed E-state index contributed by atoms with van der Waals surface area (Å²) in [5.74, 6) is -0.465. The number of hydrogen-bond donors (Lipinski definition) is 1. The maximum absolute atomic E-state index is 13.2. The molecule has 2 aliphatic rings. The van der Waals surface area contributed by atoms with Gasteiger partial charge in [0.25, 0.3) is 0 Å².